The average molecular weight is 353 g/mol. The van der Waals surface area contributed by atoms with Crippen molar-refractivity contribution in [3.05, 3.63) is 54.4 Å². The second-order valence-corrected chi connectivity index (χ2v) is 5.87. The lowest BCUT2D eigenvalue weighted by molar-refractivity contribution is -0.109. The van der Waals surface area contributed by atoms with Crippen LogP contribution in [0.4, 0.5) is 0 Å². The minimum absolute atomic E-state index is 0.548. The first-order valence-electron chi connectivity index (χ1n) is 8.70. The molecule has 1 heterocycles. The zero-order valence-corrected chi connectivity index (χ0v) is 14.9. The van der Waals surface area contributed by atoms with E-state index < -0.39 is 0 Å². The van der Waals surface area contributed by atoms with E-state index in [-0.39, 0.29) is 0 Å². The lowest BCUT2D eigenvalue weighted by Crippen LogP contribution is -2.15. The van der Waals surface area contributed by atoms with Crippen LogP contribution in [-0.2, 0) is 17.8 Å². The topological polar surface area (TPSA) is 65.4 Å². The van der Waals surface area contributed by atoms with E-state index in [2.05, 4.69) is 16.0 Å². The fraction of sp³-hybridized carbons (Fsp3) is 0.300. The zero-order valence-electron chi connectivity index (χ0n) is 14.9. The second kappa shape index (κ2) is 8.89. The molecule has 0 fully saturated rings. The van der Waals surface area contributed by atoms with E-state index in [1.165, 1.54) is 0 Å². The summed E-state index contributed by atoms with van der Waals surface area (Å²) < 4.78 is 13.2. The van der Waals surface area contributed by atoms with Gasteiger partial charge in [-0.05, 0) is 42.8 Å². The number of fused-ring (bicyclic) bond motifs is 1. The molecule has 136 valence electrons. The lowest BCUT2D eigenvalue weighted by Gasteiger charge is -2.11. The van der Waals surface area contributed by atoms with E-state index in [1.807, 2.05) is 42.5 Å². The molecule has 3 rings (SSSR count). The molecule has 0 saturated heterocycles. The highest BCUT2D eigenvalue weighted by Gasteiger charge is 2.10. The molecule has 0 aliphatic rings. The number of aromatic nitrogens is 2. The summed E-state index contributed by atoms with van der Waals surface area (Å²) in [4.78, 5) is 15.1. The van der Waals surface area contributed by atoms with Crippen molar-refractivity contribution in [3.8, 4) is 11.5 Å². The predicted molar refractivity (Wildman–Crippen MR) is 101 cm³/mol. The van der Waals surface area contributed by atoms with Crippen LogP contribution in [-0.4, -0.2) is 36.2 Å². The van der Waals surface area contributed by atoms with Gasteiger partial charge in [0.15, 0.2) is 0 Å². The Bertz CT molecular complexity index is 843. The number of nitrogens with zero attached hydrogens (tertiary/aromatic N) is 2. The third-order valence-electron chi connectivity index (χ3n) is 4.18. The van der Waals surface area contributed by atoms with Crippen LogP contribution in [0, 0.1) is 0 Å². The number of para-hydroxylation sites is 2. The quantitative estimate of drug-likeness (QED) is 0.450. The normalized spacial score (nSPS) is 10.7. The Morgan fingerprint density at radius 1 is 1.12 bits per heavy atom. The van der Waals surface area contributed by atoms with Crippen LogP contribution >= 0.6 is 0 Å². The number of carbonyl (C=O) groups excluding carboxylic acids is 1. The van der Waals surface area contributed by atoms with Crippen LogP contribution in [0.15, 0.2) is 48.5 Å². The molecule has 0 aliphatic carbocycles. The summed E-state index contributed by atoms with van der Waals surface area (Å²) in [5.74, 6) is 2.63. The summed E-state index contributed by atoms with van der Waals surface area (Å²) in [5, 5.41) is 2.69. The fourth-order valence-corrected chi connectivity index (χ4v) is 2.90. The molecule has 3 aromatic rings. The highest BCUT2D eigenvalue weighted by atomic mass is 16.5. The number of imidazole rings is 1. The Morgan fingerprint density at radius 3 is 2.65 bits per heavy atom. The smallest absolute Gasteiger partial charge is 0.207 e. The molecule has 2 aromatic carbocycles. The van der Waals surface area contributed by atoms with Gasteiger partial charge in [-0.25, -0.2) is 4.98 Å². The monoisotopic (exact) mass is 353 g/mol. The number of benzene rings is 2. The maximum Gasteiger partial charge on any atom is 0.207 e. The second-order valence-electron chi connectivity index (χ2n) is 5.87. The van der Waals surface area contributed by atoms with Crippen LogP contribution in [0.2, 0.25) is 0 Å². The van der Waals surface area contributed by atoms with Gasteiger partial charge in [0.25, 0.3) is 0 Å². The van der Waals surface area contributed by atoms with Gasteiger partial charge in [0.2, 0.25) is 6.41 Å². The number of hydrogen-bond acceptors (Lipinski definition) is 4. The Balaban J connectivity index is 1.67. The van der Waals surface area contributed by atoms with Crippen LogP contribution in [0.1, 0.15) is 12.2 Å². The molecule has 0 unspecified atom stereocenters. The third-order valence-corrected chi connectivity index (χ3v) is 4.18. The number of aryl methyl sites for hydroxylation is 1. The van der Waals surface area contributed by atoms with Gasteiger partial charge in [-0.15, -0.1) is 0 Å². The molecule has 6 heteroatoms. The van der Waals surface area contributed by atoms with E-state index >= 15 is 0 Å². The molecule has 1 N–H and O–H groups in total. The van der Waals surface area contributed by atoms with Gasteiger partial charge in [-0.1, -0.05) is 12.1 Å². The van der Waals surface area contributed by atoms with E-state index in [1.54, 1.807) is 7.11 Å². The highest BCUT2D eigenvalue weighted by molar-refractivity contribution is 5.75. The standard InChI is InChI=1S/C20H23N3O3/c1-25-16-8-10-17(11-9-16)26-14-13-23-19-6-3-2-5-18(19)22-20(23)7-4-12-21-15-24/h2-3,5-6,8-11,15H,4,7,12-14H2,1H3,(H,21,24). The number of rotatable bonds is 10. The summed E-state index contributed by atoms with van der Waals surface area (Å²) in [5.41, 5.74) is 2.08. The van der Waals surface area contributed by atoms with Crippen molar-refractivity contribution >= 4 is 17.4 Å². The molecule has 6 nitrogen and oxygen atoms in total. The molecule has 0 aliphatic heterocycles. The third kappa shape index (κ3) is 4.33. The molecule has 0 saturated carbocycles. The first kappa shape index (κ1) is 17.8. The molecule has 1 amide bonds. The molecular weight excluding hydrogens is 330 g/mol. The minimum atomic E-state index is 0.548. The van der Waals surface area contributed by atoms with E-state index in [9.17, 15) is 4.79 Å². The minimum Gasteiger partial charge on any atom is -0.497 e. The molecule has 0 spiro atoms. The largest absolute Gasteiger partial charge is 0.497 e. The molecule has 0 atom stereocenters. The van der Waals surface area contributed by atoms with Crippen LogP contribution < -0.4 is 14.8 Å². The van der Waals surface area contributed by atoms with Gasteiger partial charge < -0.3 is 19.4 Å². The molecule has 26 heavy (non-hydrogen) atoms. The molecule has 1 aromatic heterocycles. The molecule has 0 radical (unpaired) electrons. The van der Waals surface area contributed by atoms with Crippen molar-refractivity contribution in [2.24, 2.45) is 0 Å². The first-order chi connectivity index (χ1) is 12.8. The number of hydrogen-bond donors (Lipinski definition) is 1. The Kier molecular flexibility index (Phi) is 6.09. The van der Waals surface area contributed by atoms with Crippen molar-refractivity contribution in [3.63, 3.8) is 0 Å². The Hall–Kier alpha value is -3.02. The van der Waals surface area contributed by atoms with Gasteiger partial charge in [-0.2, -0.15) is 0 Å². The molecular formula is C20H23N3O3. The van der Waals surface area contributed by atoms with Gasteiger partial charge in [0.1, 0.15) is 23.9 Å². The number of amides is 1. The highest BCUT2D eigenvalue weighted by Crippen LogP contribution is 2.19. The predicted octanol–water partition coefficient (Wildman–Crippen LogP) is 2.80. The first-order valence-corrected chi connectivity index (χ1v) is 8.70. The van der Waals surface area contributed by atoms with Crippen molar-refractivity contribution in [2.45, 2.75) is 19.4 Å². The Labute approximate surface area is 152 Å². The maximum absolute atomic E-state index is 10.4. The summed E-state index contributed by atoms with van der Waals surface area (Å²) >= 11 is 0. The average Bonchev–Trinajstić information content (AvgIpc) is 3.03. The van der Waals surface area contributed by atoms with E-state index in [0.717, 1.165) is 47.6 Å². The van der Waals surface area contributed by atoms with Gasteiger partial charge in [0, 0.05) is 13.0 Å². The van der Waals surface area contributed by atoms with E-state index in [4.69, 9.17) is 14.5 Å². The van der Waals surface area contributed by atoms with E-state index in [0.29, 0.717) is 19.7 Å². The van der Waals surface area contributed by atoms with Crippen molar-refractivity contribution < 1.29 is 14.3 Å². The zero-order chi connectivity index (χ0) is 18.2. The lowest BCUT2D eigenvalue weighted by atomic mass is 10.3. The summed E-state index contributed by atoms with van der Waals surface area (Å²) in [6.07, 6.45) is 2.38. The number of ether oxygens (including phenoxy) is 2. The summed E-state index contributed by atoms with van der Waals surface area (Å²) in [6.45, 7) is 1.91. The van der Waals surface area contributed by atoms with Crippen LogP contribution in [0.3, 0.4) is 0 Å². The van der Waals surface area contributed by atoms with Crippen molar-refractivity contribution in [1.82, 2.24) is 14.9 Å². The summed E-state index contributed by atoms with van der Waals surface area (Å²) in [6, 6.07) is 15.7. The van der Waals surface area contributed by atoms with Gasteiger partial charge >= 0.3 is 0 Å². The number of nitrogens with one attached hydrogen (secondary N) is 1. The Morgan fingerprint density at radius 2 is 1.88 bits per heavy atom. The number of carbonyl (C=O) groups is 1. The van der Waals surface area contributed by atoms with Crippen LogP contribution in [0.5, 0.6) is 11.5 Å². The van der Waals surface area contributed by atoms with Crippen molar-refractivity contribution in [1.29, 1.82) is 0 Å². The maximum atomic E-state index is 10.4. The fourth-order valence-electron chi connectivity index (χ4n) is 2.90. The summed E-state index contributed by atoms with van der Waals surface area (Å²) in [7, 11) is 1.65. The van der Waals surface area contributed by atoms with Crippen molar-refractivity contribution in [2.75, 3.05) is 20.3 Å². The number of methoxy groups -OCH3 is 1. The SMILES string of the molecule is COc1ccc(OCCn2c(CCCNC=O)nc3ccccc32)cc1. The van der Waals surface area contributed by atoms with Gasteiger partial charge in [0.05, 0.1) is 24.7 Å². The van der Waals surface area contributed by atoms with Gasteiger partial charge in [-0.3, -0.25) is 4.79 Å². The molecule has 0 bridgehead atoms. The van der Waals surface area contributed by atoms with Crippen LogP contribution in [0.25, 0.3) is 11.0 Å².